The largest absolute Gasteiger partial charge is 0.459 e. The van der Waals surface area contributed by atoms with Crippen molar-refractivity contribution in [1.29, 1.82) is 0 Å². The van der Waals surface area contributed by atoms with Gasteiger partial charge in [-0.3, -0.25) is 0 Å². The zero-order valence-electron chi connectivity index (χ0n) is 13.1. The third-order valence-electron chi connectivity index (χ3n) is 2.60. The summed E-state index contributed by atoms with van der Waals surface area (Å²) in [7, 11) is 0. The van der Waals surface area contributed by atoms with Gasteiger partial charge < -0.3 is 14.8 Å². The van der Waals surface area contributed by atoms with Crippen LogP contribution in [0.3, 0.4) is 0 Å². The first kappa shape index (κ1) is 18.5. The Bertz CT molecular complexity index is 485. The number of carbonyl (C=O) groups is 2. The van der Waals surface area contributed by atoms with Crippen LogP contribution in [0.1, 0.15) is 32.8 Å². The molecule has 122 valence electrons. The van der Waals surface area contributed by atoms with E-state index >= 15 is 0 Å². The molecule has 0 radical (unpaired) electrons. The molecule has 1 amide bonds. The lowest BCUT2D eigenvalue weighted by molar-refractivity contribution is -0.147. The minimum absolute atomic E-state index is 0.175. The van der Waals surface area contributed by atoms with Crippen molar-refractivity contribution in [3.05, 3.63) is 35.9 Å². The summed E-state index contributed by atoms with van der Waals surface area (Å²) in [5.41, 5.74) is 0.280. The molecule has 0 fully saturated rings. The summed E-state index contributed by atoms with van der Waals surface area (Å²) in [4.78, 5) is 23.9. The molecule has 0 aliphatic carbocycles. The minimum atomic E-state index is -0.738. The minimum Gasteiger partial charge on any atom is -0.459 e. The molecule has 6 heteroatoms. The van der Waals surface area contributed by atoms with Crippen LogP contribution in [-0.2, 0) is 20.9 Å². The highest BCUT2D eigenvalue weighted by Gasteiger charge is 2.25. The van der Waals surface area contributed by atoms with Crippen LogP contribution in [0.25, 0.3) is 0 Å². The zero-order valence-corrected chi connectivity index (χ0v) is 14.7. The Morgan fingerprint density at radius 1 is 1.23 bits per heavy atom. The third-order valence-corrected chi connectivity index (χ3v) is 3.06. The van der Waals surface area contributed by atoms with Crippen LogP contribution < -0.4 is 5.32 Å². The molecule has 0 aliphatic heterocycles. The predicted octanol–water partition coefficient (Wildman–Crippen LogP) is 3.41. The van der Waals surface area contributed by atoms with Gasteiger partial charge in [0.15, 0.2) is 0 Å². The van der Waals surface area contributed by atoms with Crippen LogP contribution in [-0.4, -0.2) is 29.0 Å². The maximum Gasteiger partial charge on any atom is 0.408 e. The summed E-state index contributed by atoms with van der Waals surface area (Å²) < 4.78 is 10.4. The van der Waals surface area contributed by atoms with E-state index in [9.17, 15) is 9.59 Å². The number of benzene rings is 1. The van der Waals surface area contributed by atoms with Gasteiger partial charge in [0.25, 0.3) is 0 Å². The van der Waals surface area contributed by atoms with E-state index in [1.807, 2.05) is 30.3 Å². The number of alkyl halides is 1. The molecule has 5 nitrogen and oxygen atoms in total. The first-order chi connectivity index (χ1) is 10.3. The summed E-state index contributed by atoms with van der Waals surface area (Å²) in [6, 6.07) is 8.64. The van der Waals surface area contributed by atoms with Crippen molar-refractivity contribution < 1.29 is 19.1 Å². The number of halogens is 1. The number of amides is 1. The van der Waals surface area contributed by atoms with Crippen molar-refractivity contribution in [2.24, 2.45) is 0 Å². The molecule has 1 aromatic rings. The standard InChI is InChI=1S/C16H22BrNO4/c1-16(2,3)22-15(20)18-13(9-10-17)14(19)21-11-12-7-5-4-6-8-12/h4-8,13H,9-11H2,1-3H3,(H,18,20). The molecule has 1 unspecified atom stereocenters. The van der Waals surface area contributed by atoms with Crippen LogP contribution in [0.15, 0.2) is 30.3 Å². The van der Waals surface area contributed by atoms with E-state index in [0.717, 1.165) is 5.56 Å². The van der Waals surface area contributed by atoms with Crippen molar-refractivity contribution in [1.82, 2.24) is 5.32 Å². The van der Waals surface area contributed by atoms with Crippen LogP contribution >= 0.6 is 15.9 Å². The summed E-state index contributed by atoms with van der Waals surface area (Å²) in [6.45, 7) is 5.47. The fourth-order valence-electron chi connectivity index (χ4n) is 1.64. The van der Waals surface area contributed by atoms with Crippen LogP contribution in [0, 0.1) is 0 Å². The number of alkyl carbamates (subject to hydrolysis) is 1. The molecule has 0 bridgehead atoms. The molecule has 1 N–H and O–H groups in total. The molecule has 0 aromatic heterocycles. The highest BCUT2D eigenvalue weighted by atomic mass is 79.9. The molecule has 22 heavy (non-hydrogen) atoms. The van der Waals surface area contributed by atoms with E-state index in [1.54, 1.807) is 20.8 Å². The highest BCUT2D eigenvalue weighted by molar-refractivity contribution is 9.09. The van der Waals surface area contributed by atoms with E-state index in [2.05, 4.69) is 21.2 Å². The smallest absolute Gasteiger partial charge is 0.408 e. The number of ether oxygens (including phenoxy) is 2. The van der Waals surface area contributed by atoms with Gasteiger partial charge in [-0.15, -0.1) is 0 Å². The lowest BCUT2D eigenvalue weighted by Crippen LogP contribution is -2.44. The number of esters is 1. The van der Waals surface area contributed by atoms with E-state index in [4.69, 9.17) is 9.47 Å². The second kappa shape index (κ2) is 8.78. The average Bonchev–Trinajstić information content (AvgIpc) is 2.43. The summed E-state index contributed by atoms with van der Waals surface area (Å²) in [5.74, 6) is -0.478. The van der Waals surface area contributed by atoms with Crippen LogP contribution in [0.2, 0.25) is 0 Å². The maximum atomic E-state index is 12.1. The van der Waals surface area contributed by atoms with Crippen molar-refractivity contribution in [2.75, 3.05) is 5.33 Å². The van der Waals surface area contributed by atoms with Crippen molar-refractivity contribution >= 4 is 28.0 Å². The lowest BCUT2D eigenvalue weighted by atomic mass is 10.2. The van der Waals surface area contributed by atoms with Crippen molar-refractivity contribution in [2.45, 2.75) is 45.4 Å². The fraction of sp³-hybridized carbons (Fsp3) is 0.500. The average molecular weight is 372 g/mol. The maximum absolute atomic E-state index is 12.1. The number of carbonyl (C=O) groups excluding carboxylic acids is 2. The van der Waals surface area contributed by atoms with E-state index in [-0.39, 0.29) is 6.61 Å². The normalized spacial score (nSPS) is 12.4. The zero-order chi connectivity index (χ0) is 16.6. The molecule has 0 aliphatic rings. The molecular weight excluding hydrogens is 350 g/mol. The Morgan fingerprint density at radius 2 is 1.86 bits per heavy atom. The topological polar surface area (TPSA) is 64.6 Å². The third kappa shape index (κ3) is 7.45. The molecule has 1 rings (SSSR count). The van der Waals surface area contributed by atoms with E-state index in [0.29, 0.717) is 11.8 Å². The SMILES string of the molecule is CC(C)(C)OC(=O)NC(CCBr)C(=O)OCc1ccccc1. The number of hydrogen-bond acceptors (Lipinski definition) is 4. The first-order valence-electron chi connectivity index (χ1n) is 7.08. The van der Waals surface area contributed by atoms with Crippen LogP contribution in [0.4, 0.5) is 4.79 Å². The number of nitrogens with one attached hydrogen (secondary N) is 1. The second-order valence-corrected chi connectivity index (χ2v) is 6.56. The van der Waals surface area contributed by atoms with Gasteiger partial charge in [-0.1, -0.05) is 46.3 Å². The Hall–Kier alpha value is -1.56. The Kier molecular flexibility index (Phi) is 7.38. The Labute approximate surface area is 139 Å². The van der Waals surface area contributed by atoms with Crippen molar-refractivity contribution in [3.8, 4) is 0 Å². The molecule has 1 atom stereocenters. The van der Waals surface area contributed by atoms with Gasteiger partial charge in [0.2, 0.25) is 0 Å². The lowest BCUT2D eigenvalue weighted by Gasteiger charge is -2.22. The van der Waals surface area contributed by atoms with E-state index in [1.165, 1.54) is 0 Å². The van der Waals surface area contributed by atoms with Gasteiger partial charge in [-0.05, 0) is 32.8 Å². The second-order valence-electron chi connectivity index (χ2n) is 5.77. The molecule has 0 heterocycles. The van der Waals surface area contributed by atoms with Gasteiger partial charge in [0.1, 0.15) is 18.2 Å². The number of rotatable bonds is 6. The number of hydrogen-bond donors (Lipinski definition) is 1. The quantitative estimate of drug-likeness (QED) is 0.614. The van der Waals surface area contributed by atoms with Gasteiger partial charge in [-0.2, -0.15) is 0 Å². The summed E-state index contributed by atoms with van der Waals surface area (Å²) in [6.07, 6.45) is -0.206. The van der Waals surface area contributed by atoms with Gasteiger partial charge in [0.05, 0.1) is 0 Å². The van der Waals surface area contributed by atoms with Gasteiger partial charge in [-0.25, -0.2) is 9.59 Å². The summed E-state index contributed by atoms with van der Waals surface area (Å²) >= 11 is 3.27. The summed E-state index contributed by atoms with van der Waals surface area (Å²) in [5, 5.41) is 3.11. The first-order valence-corrected chi connectivity index (χ1v) is 8.20. The Morgan fingerprint density at radius 3 is 2.41 bits per heavy atom. The van der Waals surface area contributed by atoms with Crippen molar-refractivity contribution in [3.63, 3.8) is 0 Å². The highest BCUT2D eigenvalue weighted by Crippen LogP contribution is 2.09. The molecule has 0 saturated carbocycles. The Balaban J connectivity index is 2.54. The monoisotopic (exact) mass is 371 g/mol. The predicted molar refractivity (Wildman–Crippen MR) is 87.8 cm³/mol. The van der Waals surface area contributed by atoms with E-state index < -0.39 is 23.7 Å². The van der Waals surface area contributed by atoms with Gasteiger partial charge >= 0.3 is 12.1 Å². The van der Waals surface area contributed by atoms with Gasteiger partial charge in [0, 0.05) is 5.33 Å². The molecule has 1 aromatic carbocycles. The molecule has 0 spiro atoms. The molecular formula is C16H22BrNO4. The fourth-order valence-corrected chi connectivity index (χ4v) is 2.09. The molecule has 0 saturated heterocycles. The van der Waals surface area contributed by atoms with Crippen LogP contribution in [0.5, 0.6) is 0 Å².